The van der Waals surface area contributed by atoms with Crippen molar-refractivity contribution in [2.45, 2.75) is 51.2 Å². The molecule has 0 bridgehead atoms. The Morgan fingerprint density at radius 3 is 2.36 bits per heavy atom. The van der Waals surface area contributed by atoms with Gasteiger partial charge in [0.1, 0.15) is 0 Å². The van der Waals surface area contributed by atoms with Crippen LogP contribution in [-0.4, -0.2) is 31.5 Å². The molecule has 0 unspecified atom stereocenters. The van der Waals surface area contributed by atoms with Crippen molar-refractivity contribution in [2.75, 3.05) is 19.8 Å². The second-order valence-electron chi connectivity index (χ2n) is 4.36. The average Bonchev–Trinajstić information content (AvgIpc) is 2.62. The molecule has 1 aliphatic carbocycles. The molecule has 1 fully saturated rings. The quantitative estimate of drug-likeness (QED) is 0.665. The molecule has 0 aromatic rings. The van der Waals surface area contributed by atoms with Crippen LogP contribution in [0.15, 0.2) is 0 Å². The third kappa shape index (κ3) is 3.56. The third-order valence-electron chi connectivity index (χ3n) is 2.83. The molecule has 1 saturated carbocycles. The second kappa shape index (κ2) is 5.69. The maximum atomic E-state index is 5.84. The van der Waals surface area contributed by atoms with Crippen LogP contribution in [0.3, 0.4) is 0 Å². The summed E-state index contributed by atoms with van der Waals surface area (Å²) in [6, 6.07) is 0. The highest BCUT2D eigenvalue weighted by Gasteiger charge is 2.32. The minimum atomic E-state index is -0.0274. The van der Waals surface area contributed by atoms with Crippen LogP contribution in [-0.2, 0) is 9.47 Å². The molecule has 0 atom stereocenters. The summed E-state index contributed by atoms with van der Waals surface area (Å²) >= 11 is 0. The van der Waals surface area contributed by atoms with Gasteiger partial charge < -0.3 is 15.2 Å². The number of nitrogens with two attached hydrogens (primary N) is 1. The SMILES string of the molecule is CC(C)OCCOC1(CN)CCCC1. The molecule has 2 N–H and O–H groups in total. The summed E-state index contributed by atoms with van der Waals surface area (Å²) < 4.78 is 11.3. The lowest BCUT2D eigenvalue weighted by molar-refractivity contribution is -0.0660. The summed E-state index contributed by atoms with van der Waals surface area (Å²) in [7, 11) is 0. The van der Waals surface area contributed by atoms with Crippen molar-refractivity contribution in [3.8, 4) is 0 Å². The summed E-state index contributed by atoms with van der Waals surface area (Å²) in [5.74, 6) is 0. The van der Waals surface area contributed by atoms with E-state index in [2.05, 4.69) is 0 Å². The molecule has 1 aliphatic rings. The molecule has 14 heavy (non-hydrogen) atoms. The van der Waals surface area contributed by atoms with Crippen molar-refractivity contribution in [1.82, 2.24) is 0 Å². The summed E-state index contributed by atoms with van der Waals surface area (Å²) in [4.78, 5) is 0. The highest BCUT2D eigenvalue weighted by atomic mass is 16.5. The molecular weight excluding hydrogens is 178 g/mol. The summed E-state index contributed by atoms with van der Waals surface area (Å²) in [6.07, 6.45) is 5.02. The Hall–Kier alpha value is -0.120. The largest absolute Gasteiger partial charge is 0.376 e. The maximum Gasteiger partial charge on any atom is 0.0805 e. The smallest absolute Gasteiger partial charge is 0.0805 e. The molecule has 0 aliphatic heterocycles. The highest BCUT2D eigenvalue weighted by molar-refractivity contribution is 4.87. The average molecular weight is 201 g/mol. The summed E-state index contributed by atoms with van der Waals surface area (Å²) in [6.45, 7) is 6.08. The van der Waals surface area contributed by atoms with Gasteiger partial charge in [-0.05, 0) is 26.7 Å². The number of hydrogen-bond acceptors (Lipinski definition) is 3. The number of ether oxygens (including phenoxy) is 2. The van der Waals surface area contributed by atoms with Crippen LogP contribution in [0.2, 0.25) is 0 Å². The van der Waals surface area contributed by atoms with E-state index in [0.29, 0.717) is 19.8 Å². The molecule has 3 nitrogen and oxygen atoms in total. The zero-order valence-electron chi connectivity index (χ0n) is 9.42. The van der Waals surface area contributed by atoms with Gasteiger partial charge in [0, 0.05) is 6.54 Å². The predicted molar refractivity (Wildman–Crippen MR) is 57.3 cm³/mol. The van der Waals surface area contributed by atoms with Gasteiger partial charge in [-0.3, -0.25) is 0 Å². The van der Waals surface area contributed by atoms with Crippen LogP contribution < -0.4 is 5.73 Å². The zero-order chi connectivity index (χ0) is 10.4. The van der Waals surface area contributed by atoms with E-state index in [0.717, 1.165) is 12.8 Å². The van der Waals surface area contributed by atoms with Crippen LogP contribution in [0.5, 0.6) is 0 Å². The Morgan fingerprint density at radius 1 is 1.21 bits per heavy atom. The van der Waals surface area contributed by atoms with E-state index in [-0.39, 0.29) is 11.7 Å². The van der Waals surface area contributed by atoms with E-state index in [1.807, 2.05) is 13.8 Å². The van der Waals surface area contributed by atoms with Crippen molar-refractivity contribution in [3.05, 3.63) is 0 Å². The number of rotatable bonds is 6. The first kappa shape index (κ1) is 12.0. The zero-order valence-corrected chi connectivity index (χ0v) is 9.42. The summed E-state index contributed by atoms with van der Waals surface area (Å²) in [5.41, 5.74) is 5.72. The van der Waals surface area contributed by atoms with Gasteiger partial charge in [-0.2, -0.15) is 0 Å². The lowest BCUT2D eigenvalue weighted by Crippen LogP contribution is -2.38. The molecule has 0 amide bonds. The molecule has 0 aromatic heterocycles. The predicted octanol–water partition coefficient (Wildman–Crippen LogP) is 1.70. The fraction of sp³-hybridized carbons (Fsp3) is 1.00. The molecule has 0 saturated heterocycles. The van der Waals surface area contributed by atoms with Gasteiger partial charge >= 0.3 is 0 Å². The van der Waals surface area contributed by atoms with Crippen molar-refractivity contribution >= 4 is 0 Å². The van der Waals surface area contributed by atoms with E-state index >= 15 is 0 Å². The van der Waals surface area contributed by atoms with Gasteiger partial charge in [0.2, 0.25) is 0 Å². The standard InChI is InChI=1S/C11H23NO2/c1-10(2)13-7-8-14-11(9-12)5-3-4-6-11/h10H,3-9,12H2,1-2H3. The second-order valence-corrected chi connectivity index (χ2v) is 4.36. The Bertz CT molecular complexity index is 153. The Labute approximate surface area is 86.9 Å². The lowest BCUT2D eigenvalue weighted by Gasteiger charge is -2.27. The fourth-order valence-electron chi connectivity index (χ4n) is 1.97. The van der Waals surface area contributed by atoms with Crippen LogP contribution in [0, 0.1) is 0 Å². The minimum absolute atomic E-state index is 0.0274. The van der Waals surface area contributed by atoms with Crippen molar-refractivity contribution in [1.29, 1.82) is 0 Å². The van der Waals surface area contributed by atoms with Crippen LogP contribution in [0.4, 0.5) is 0 Å². The number of hydrogen-bond donors (Lipinski definition) is 1. The Morgan fingerprint density at radius 2 is 1.86 bits per heavy atom. The van der Waals surface area contributed by atoms with Crippen molar-refractivity contribution in [2.24, 2.45) is 5.73 Å². The Balaban J connectivity index is 2.15. The highest BCUT2D eigenvalue weighted by Crippen LogP contribution is 2.31. The Kier molecular flexibility index (Phi) is 4.85. The first-order valence-electron chi connectivity index (χ1n) is 5.64. The van der Waals surface area contributed by atoms with Gasteiger partial charge in [-0.15, -0.1) is 0 Å². The molecule has 3 heteroatoms. The monoisotopic (exact) mass is 201 g/mol. The van der Waals surface area contributed by atoms with Crippen LogP contribution in [0.25, 0.3) is 0 Å². The van der Waals surface area contributed by atoms with E-state index in [1.54, 1.807) is 0 Å². The topological polar surface area (TPSA) is 44.5 Å². The lowest BCUT2D eigenvalue weighted by atomic mass is 10.0. The molecule has 0 aromatic carbocycles. The van der Waals surface area contributed by atoms with Gasteiger partial charge in [-0.1, -0.05) is 12.8 Å². The third-order valence-corrected chi connectivity index (χ3v) is 2.83. The first-order chi connectivity index (χ1) is 6.68. The summed E-state index contributed by atoms with van der Waals surface area (Å²) in [5, 5.41) is 0. The molecule has 0 radical (unpaired) electrons. The van der Waals surface area contributed by atoms with E-state index in [4.69, 9.17) is 15.2 Å². The van der Waals surface area contributed by atoms with Crippen LogP contribution in [0.1, 0.15) is 39.5 Å². The molecule has 0 spiro atoms. The molecule has 1 rings (SSSR count). The van der Waals surface area contributed by atoms with Gasteiger partial charge in [0.05, 0.1) is 24.9 Å². The molecule has 84 valence electrons. The van der Waals surface area contributed by atoms with E-state index in [9.17, 15) is 0 Å². The van der Waals surface area contributed by atoms with Gasteiger partial charge in [-0.25, -0.2) is 0 Å². The fourth-order valence-corrected chi connectivity index (χ4v) is 1.97. The minimum Gasteiger partial charge on any atom is -0.376 e. The normalized spacial score (nSPS) is 20.6. The van der Waals surface area contributed by atoms with Crippen molar-refractivity contribution < 1.29 is 9.47 Å². The molecule has 0 heterocycles. The van der Waals surface area contributed by atoms with Crippen molar-refractivity contribution in [3.63, 3.8) is 0 Å². The van der Waals surface area contributed by atoms with Gasteiger partial charge in [0.25, 0.3) is 0 Å². The van der Waals surface area contributed by atoms with Gasteiger partial charge in [0.15, 0.2) is 0 Å². The van der Waals surface area contributed by atoms with E-state index < -0.39 is 0 Å². The van der Waals surface area contributed by atoms with Crippen LogP contribution >= 0.6 is 0 Å². The maximum absolute atomic E-state index is 5.84. The first-order valence-corrected chi connectivity index (χ1v) is 5.64. The van der Waals surface area contributed by atoms with E-state index in [1.165, 1.54) is 12.8 Å². The molecular formula is C11H23NO2.